The van der Waals surface area contributed by atoms with Crippen molar-refractivity contribution >= 4 is 46.9 Å². The number of halogens is 1. The van der Waals surface area contributed by atoms with Gasteiger partial charge in [0.2, 0.25) is 5.43 Å². The van der Waals surface area contributed by atoms with Crippen molar-refractivity contribution in [3.05, 3.63) is 45.7 Å². The van der Waals surface area contributed by atoms with Crippen LogP contribution in [0.5, 0.6) is 0 Å². The normalized spacial score (nSPS) is 19.0. The van der Waals surface area contributed by atoms with Crippen LogP contribution >= 0.6 is 23.7 Å². The van der Waals surface area contributed by atoms with Crippen molar-refractivity contribution in [3.8, 4) is 5.13 Å². The molecule has 1 fully saturated rings. The van der Waals surface area contributed by atoms with E-state index < -0.39 is 0 Å². The summed E-state index contributed by atoms with van der Waals surface area (Å²) in [6.07, 6.45) is 3.81. The van der Waals surface area contributed by atoms with Crippen molar-refractivity contribution in [1.82, 2.24) is 19.9 Å². The highest BCUT2D eigenvalue weighted by atomic mass is 35.5. The Labute approximate surface area is 171 Å². The summed E-state index contributed by atoms with van der Waals surface area (Å²) < 4.78 is 7.25. The number of pyridine rings is 2. The first-order valence-electron chi connectivity index (χ1n) is 8.52. The molecule has 1 N–H and O–H groups in total. The zero-order valence-corrected chi connectivity index (χ0v) is 17.0. The molecular formula is C18H20ClN5O3S. The van der Waals surface area contributed by atoms with E-state index in [1.807, 2.05) is 18.5 Å². The molecule has 1 saturated heterocycles. The summed E-state index contributed by atoms with van der Waals surface area (Å²) in [5, 5.41) is 6.15. The Morgan fingerprint density at radius 1 is 1.36 bits per heavy atom. The Kier molecular flexibility index (Phi) is 6.09. The number of rotatable bonds is 5. The summed E-state index contributed by atoms with van der Waals surface area (Å²) in [5.41, 5.74) is 0.249. The molecule has 0 radical (unpaired) electrons. The summed E-state index contributed by atoms with van der Waals surface area (Å²) in [6.45, 7) is 1.45. The number of fused-ring (bicyclic) bond motifs is 1. The average Bonchev–Trinajstić information content (AvgIpc) is 3.37. The summed E-state index contributed by atoms with van der Waals surface area (Å²) in [5.74, 6) is 0.755. The predicted octanol–water partition coefficient (Wildman–Crippen LogP) is 1.50. The molecule has 0 spiro atoms. The molecule has 3 aromatic heterocycles. The van der Waals surface area contributed by atoms with Crippen LogP contribution in [0, 0.1) is 0 Å². The molecule has 0 saturated carbocycles. The van der Waals surface area contributed by atoms with E-state index >= 15 is 0 Å². The van der Waals surface area contributed by atoms with Gasteiger partial charge in [0.15, 0.2) is 17.1 Å². The van der Waals surface area contributed by atoms with Crippen LogP contribution in [0.1, 0.15) is 10.4 Å². The molecule has 0 unspecified atom stereocenters. The van der Waals surface area contributed by atoms with Gasteiger partial charge in [-0.3, -0.25) is 14.2 Å². The maximum atomic E-state index is 12.6. The summed E-state index contributed by atoms with van der Waals surface area (Å²) in [7, 11) is 3.61. The number of nitrogens with zero attached hydrogens (tertiary/aromatic N) is 4. The Hall–Kier alpha value is -2.33. The Bertz CT molecular complexity index is 1030. The summed E-state index contributed by atoms with van der Waals surface area (Å²) in [6, 6.07) is 3.74. The number of hydrogen-bond donors (Lipinski definition) is 1. The first-order chi connectivity index (χ1) is 13.2. The molecule has 28 heavy (non-hydrogen) atoms. The minimum absolute atomic E-state index is 0. The second kappa shape index (κ2) is 8.36. The van der Waals surface area contributed by atoms with Gasteiger partial charge in [-0.2, -0.15) is 0 Å². The van der Waals surface area contributed by atoms with Crippen molar-refractivity contribution in [2.75, 3.05) is 32.1 Å². The predicted molar refractivity (Wildman–Crippen MR) is 112 cm³/mol. The van der Waals surface area contributed by atoms with Gasteiger partial charge in [0.25, 0.3) is 0 Å². The minimum Gasteiger partial charge on any atom is -0.378 e. The highest BCUT2D eigenvalue weighted by Crippen LogP contribution is 2.24. The van der Waals surface area contributed by atoms with E-state index in [0.717, 1.165) is 12.4 Å². The van der Waals surface area contributed by atoms with Crippen LogP contribution in [0.15, 0.2) is 34.7 Å². The molecule has 10 heteroatoms. The number of carbonyl (C=O) groups excluding carboxylic acids is 1. The van der Waals surface area contributed by atoms with Crippen molar-refractivity contribution in [3.63, 3.8) is 0 Å². The highest BCUT2D eigenvalue weighted by molar-refractivity contribution is 7.12. The number of hydrogen-bond acceptors (Lipinski definition) is 8. The molecule has 148 valence electrons. The number of ether oxygens (including phenoxy) is 1. The van der Waals surface area contributed by atoms with Gasteiger partial charge in [0.1, 0.15) is 5.82 Å². The lowest BCUT2D eigenvalue weighted by molar-refractivity contribution is 0.0996. The maximum Gasteiger partial charge on any atom is 0.201 e. The van der Waals surface area contributed by atoms with E-state index in [-0.39, 0.29) is 35.5 Å². The Morgan fingerprint density at radius 2 is 2.18 bits per heavy atom. The summed E-state index contributed by atoms with van der Waals surface area (Å²) >= 11 is 1.41. The van der Waals surface area contributed by atoms with Crippen LogP contribution in [0.25, 0.3) is 16.2 Å². The third-order valence-electron chi connectivity index (χ3n) is 4.88. The molecule has 1 aliphatic heterocycles. The smallest absolute Gasteiger partial charge is 0.201 e. The first-order valence-corrected chi connectivity index (χ1v) is 9.40. The third-order valence-corrected chi connectivity index (χ3v) is 5.65. The van der Waals surface area contributed by atoms with Gasteiger partial charge in [-0.25, -0.2) is 9.97 Å². The summed E-state index contributed by atoms with van der Waals surface area (Å²) in [4.78, 5) is 35.1. The van der Waals surface area contributed by atoms with Crippen LogP contribution in [0.4, 0.5) is 5.82 Å². The number of nitrogens with one attached hydrogen (secondary N) is 1. The topological polar surface area (TPSA) is 89.4 Å². The number of carbonyl (C=O) groups is 1. The number of methoxy groups -OCH3 is 1. The number of aldehydes is 1. The van der Waals surface area contributed by atoms with Gasteiger partial charge < -0.3 is 15.0 Å². The molecule has 4 rings (SSSR count). The zero-order valence-electron chi connectivity index (χ0n) is 15.4. The second-order valence-corrected chi connectivity index (χ2v) is 7.20. The average molecular weight is 422 g/mol. The van der Waals surface area contributed by atoms with E-state index in [9.17, 15) is 9.59 Å². The molecular weight excluding hydrogens is 402 g/mol. The number of likely N-dealkylation sites (N-methyl/N-ethyl adjacent to an activating group) is 1. The van der Waals surface area contributed by atoms with E-state index in [2.05, 4.69) is 15.2 Å². The zero-order chi connectivity index (χ0) is 19.0. The molecule has 0 amide bonds. The van der Waals surface area contributed by atoms with Crippen LogP contribution in [-0.2, 0) is 4.74 Å². The molecule has 1 aliphatic rings. The molecule has 0 bridgehead atoms. The quantitative estimate of drug-likeness (QED) is 0.624. The van der Waals surface area contributed by atoms with Crippen LogP contribution in [0.2, 0.25) is 0 Å². The maximum absolute atomic E-state index is 12.6. The van der Waals surface area contributed by atoms with Crippen molar-refractivity contribution in [1.29, 1.82) is 0 Å². The largest absolute Gasteiger partial charge is 0.378 e. The van der Waals surface area contributed by atoms with Crippen molar-refractivity contribution in [2.45, 2.75) is 12.1 Å². The lowest BCUT2D eigenvalue weighted by Crippen LogP contribution is -2.37. The molecule has 0 aromatic carbocycles. The van der Waals surface area contributed by atoms with E-state index in [4.69, 9.17) is 9.72 Å². The lowest BCUT2D eigenvalue weighted by atomic mass is 10.2. The fourth-order valence-electron chi connectivity index (χ4n) is 3.43. The van der Waals surface area contributed by atoms with E-state index in [0.29, 0.717) is 29.0 Å². The van der Waals surface area contributed by atoms with Gasteiger partial charge in [0, 0.05) is 38.0 Å². The third kappa shape index (κ3) is 3.42. The molecule has 8 nitrogen and oxygen atoms in total. The minimum atomic E-state index is -0.323. The van der Waals surface area contributed by atoms with Gasteiger partial charge in [-0.1, -0.05) is 0 Å². The number of aromatic nitrogens is 3. The van der Waals surface area contributed by atoms with Gasteiger partial charge in [0.05, 0.1) is 23.1 Å². The Morgan fingerprint density at radius 3 is 2.79 bits per heavy atom. The SMILES string of the molecule is CN[C@@H]1CN(c2ccc3c(=O)c(C=O)cn(-c4nccs4)c3n2)C[C@H]1OC.Cl. The van der Waals surface area contributed by atoms with Crippen molar-refractivity contribution in [2.24, 2.45) is 0 Å². The van der Waals surface area contributed by atoms with Crippen LogP contribution in [0.3, 0.4) is 0 Å². The molecule has 4 heterocycles. The second-order valence-electron chi connectivity index (χ2n) is 6.33. The molecule has 3 aromatic rings. The standard InChI is InChI=1S/C18H19N5O3S.ClH/c1-19-13-8-22(9-14(13)26-2)15-4-3-12-16(25)11(10-24)7-23(17(12)21-15)18-20-5-6-27-18;/h3-7,10,13-14,19H,8-9H2,1-2H3;1H/t13-,14-;/m1./s1. The lowest BCUT2D eigenvalue weighted by Gasteiger charge is -2.18. The van der Waals surface area contributed by atoms with Gasteiger partial charge in [-0.15, -0.1) is 23.7 Å². The first kappa shape index (κ1) is 20.4. The van der Waals surface area contributed by atoms with E-state index in [1.54, 1.807) is 23.9 Å². The molecule has 2 atom stereocenters. The fraction of sp³-hybridized carbons (Fsp3) is 0.333. The van der Waals surface area contributed by atoms with Crippen LogP contribution in [-0.4, -0.2) is 60.2 Å². The van der Waals surface area contributed by atoms with Crippen LogP contribution < -0.4 is 15.6 Å². The van der Waals surface area contributed by atoms with Crippen molar-refractivity contribution < 1.29 is 9.53 Å². The fourth-order valence-corrected chi connectivity index (χ4v) is 4.05. The highest BCUT2D eigenvalue weighted by Gasteiger charge is 2.32. The van der Waals surface area contributed by atoms with Gasteiger partial charge >= 0.3 is 0 Å². The molecule has 0 aliphatic carbocycles. The number of thiazole rings is 1. The monoisotopic (exact) mass is 421 g/mol. The van der Waals surface area contributed by atoms with Gasteiger partial charge in [-0.05, 0) is 19.2 Å². The van der Waals surface area contributed by atoms with E-state index in [1.165, 1.54) is 17.5 Å². The number of anilines is 1. The Balaban J connectivity index is 0.00000225.